The first-order valence-corrected chi connectivity index (χ1v) is 5.53. The van der Waals surface area contributed by atoms with Gasteiger partial charge in [-0.3, -0.25) is 0 Å². The zero-order chi connectivity index (χ0) is 10.8. The highest BCUT2D eigenvalue weighted by Crippen LogP contribution is 2.35. The summed E-state index contributed by atoms with van der Waals surface area (Å²) in [6, 6.07) is 5.81. The topological polar surface area (TPSA) is 55.9 Å². The number of nitrogens with one attached hydrogen (secondary N) is 1. The van der Waals surface area contributed by atoms with Crippen LogP contribution in [0.1, 0.15) is 12.8 Å². The summed E-state index contributed by atoms with van der Waals surface area (Å²) in [5, 5.41) is 3.24. The van der Waals surface area contributed by atoms with Gasteiger partial charge in [0.1, 0.15) is 5.82 Å². The van der Waals surface area contributed by atoms with Gasteiger partial charge in [-0.05, 0) is 18.6 Å². The lowest BCUT2D eigenvalue weighted by Gasteiger charge is -2.11. The molecule has 2 saturated heterocycles. The Morgan fingerprint density at radius 2 is 2.06 bits per heavy atom. The summed E-state index contributed by atoms with van der Waals surface area (Å²) in [4.78, 5) is 4.17. The molecule has 1 aromatic heterocycles. The quantitative estimate of drug-likeness (QED) is 0.601. The summed E-state index contributed by atoms with van der Waals surface area (Å²) < 4.78 is 15.8. The van der Waals surface area contributed by atoms with E-state index in [9.17, 15) is 0 Å². The normalized spacial score (nSPS) is 31.1. The number of hydrogen-bond donors (Lipinski definition) is 1. The number of fused-ring (bicyclic) bond motifs is 1. The van der Waals surface area contributed by atoms with Crippen LogP contribution in [0.3, 0.4) is 0 Å². The minimum Gasteiger partial charge on any atom is -0.370 e. The fraction of sp³-hybridized carbons (Fsp3) is 0.545. The second-order valence-electron chi connectivity index (χ2n) is 3.86. The van der Waals surface area contributed by atoms with Crippen LogP contribution in [0.15, 0.2) is 24.4 Å². The van der Waals surface area contributed by atoms with E-state index in [1.807, 2.05) is 18.2 Å². The van der Waals surface area contributed by atoms with Crippen molar-refractivity contribution >= 4 is 5.82 Å². The third-order valence-corrected chi connectivity index (χ3v) is 2.57. The van der Waals surface area contributed by atoms with Crippen molar-refractivity contribution in [3.8, 4) is 0 Å². The van der Waals surface area contributed by atoms with Crippen molar-refractivity contribution < 1.29 is 14.2 Å². The second-order valence-corrected chi connectivity index (χ2v) is 3.86. The average molecular weight is 222 g/mol. The van der Waals surface area contributed by atoms with Gasteiger partial charge in [0.25, 0.3) is 0 Å². The Labute approximate surface area is 93.7 Å². The first-order chi connectivity index (χ1) is 7.92. The molecule has 16 heavy (non-hydrogen) atoms. The van der Waals surface area contributed by atoms with Gasteiger partial charge in [0, 0.05) is 19.2 Å². The van der Waals surface area contributed by atoms with Crippen molar-refractivity contribution in [3.63, 3.8) is 0 Å². The van der Waals surface area contributed by atoms with Crippen LogP contribution in [0.2, 0.25) is 0 Å². The summed E-state index contributed by atoms with van der Waals surface area (Å²) in [5.74, 6) is 0.905. The number of rotatable bonds is 5. The van der Waals surface area contributed by atoms with E-state index >= 15 is 0 Å². The third-order valence-electron chi connectivity index (χ3n) is 2.57. The molecule has 0 bridgehead atoms. The zero-order valence-corrected chi connectivity index (χ0v) is 8.83. The van der Waals surface area contributed by atoms with Crippen LogP contribution in [0.4, 0.5) is 5.82 Å². The van der Waals surface area contributed by atoms with Gasteiger partial charge in [0.05, 0.1) is 0 Å². The van der Waals surface area contributed by atoms with Crippen LogP contribution < -0.4 is 5.32 Å². The van der Waals surface area contributed by atoms with Crippen LogP contribution >= 0.6 is 0 Å². The standard InChI is InChI=1S/C11H14N2O3/c1-2-6-12-8(4-1)13-7-3-5-9-14-10-11(15-9)16-10/h1-2,4,6,9-11H,3,5,7H2,(H,12,13). The van der Waals surface area contributed by atoms with E-state index < -0.39 is 0 Å². The Morgan fingerprint density at radius 1 is 1.19 bits per heavy atom. The molecule has 3 heterocycles. The third kappa shape index (κ3) is 2.32. The maximum absolute atomic E-state index is 5.40. The van der Waals surface area contributed by atoms with Gasteiger partial charge in [0.2, 0.25) is 12.6 Å². The number of nitrogens with zero attached hydrogens (tertiary/aromatic N) is 1. The Hall–Kier alpha value is -1.17. The molecule has 2 aliphatic rings. The van der Waals surface area contributed by atoms with E-state index in [2.05, 4.69) is 10.3 Å². The lowest BCUT2D eigenvalue weighted by Crippen LogP contribution is -2.14. The molecule has 2 fully saturated rings. The number of ether oxygens (including phenoxy) is 3. The predicted molar refractivity (Wildman–Crippen MR) is 56.6 cm³/mol. The molecule has 86 valence electrons. The van der Waals surface area contributed by atoms with Crippen molar-refractivity contribution in [2.24, 2.45) is 0 Å². The largest absolute Gasteiger partial charge is 0.370 e. The molecule has 1 aromatic rings. The fourth-order valence-corrected chi connectivity index (χ4v) is 1.70. The van der Waals surface area contributed by atoms with Crippen molar-refractivity contribution in [2.75, 3.05) is 11.9 Å². The monoisotopic (exact) mass is 222 g/mol. The number of pyridine rings is 1. The first kappa shape index (κ1) is 10.0. The van der Waals surface area contributed by atoms with Gasteiger partial charge in [-0.1, -0.05) is 6.07 Å². The molecular weight excluding hydrogens is 208 g/mol. The minimum absolute atomic E-state index is 0.0886. The predicted octanol–water partition coefficient (Wildman–Crippen LogP) is 1.33. The molecule has 0 amide bonds. The Kier molecular flexibility index (Phi) is 2.73. The molecule has 5 nitrogen and oxygen atoms in total. The number of epoxide rings is 1. The molecule has 2 atom stereocenters. The molecule has 0 spiro atoms. The minimum atomic E-state index is -0.0891. The SMILES string of the molecule is c1ccc(NCCCC2OC3OC3O2)nc1. The molecule has 2 aliphatic heterocycles. The van der Waals surface area contributed by atoms with Crippen LogP contribution in [0.5, 0.6) is 0 Å². The van der Waals surface area contributed by atoms with Crippen LogP contribution in [-0.2, 0) is 14.2 Å². The first-order valence-electron chi connectivity index (χ1n) is 5.53. The summed E-state index contributed by atoms with van der Waals surface area (Å²) >= 11 is 0. The highest BCUT2D eigenvalue weighted by atomic mass is 17.0. The molecule has 0 aliphatic carbocycles. The van der Waals surface area contributed by atoms with E-state index in [4.69, 9.17) is 14.2 Å². The van der Waals surface area contributed by atoms with Gasteiger partial charge in [-0.15, -0.1) is 0 Å². The highest BCUT2D eigenvalue weighted by Gasteiger charge is 2.51. The van der Waals surface area contributed by atoms with E-state index in [-0.39, 0.29) is 18.9 Å². The Bertz CT molecular complexity index is 336. The maximum Gasteiger partial charge on any atom is 0.214 e. The van der Waals surface area contributed by atoms with E-state index in [0.29, 0.717) is 0 Å². The summed E-state index contributed by atoms with van der Waals surface area (Å²) in [7, 11) is 0. The van der Waals surface area contributed by atoms with Crippen molar-refractivity contribution in [2.45, 2.75) is 31.7 Å². The van der Waals surface area contributed by atoms with Gasteiger partial charge < -0.3 is 19.5 Å². The Morgan fingerprint density at radius 3 is 2.81 bits per heavy atom. The lowest BCUT2D eigenvalue weighted by atomic mass is 10.3. The van der Waals surface area contributed by atoms with Crippen LogP contribution in [0.25, 0.3) is 0 Å². The maximum atomic E-state index is 5.40. The van der Waals surface area contributed by atoms with Crippen LogP contribution in [-0.4, -0.2) is 30.4 Å². The fourth-order valence-electron chi connectivity index (χ4n) is 1.70. The summed E-state index contributed by atoms with van der Waals surface area (Å²) in [6.45, 7) is 0.871. The number of aromatic nitrogens is 1. The molecule has 3 rings (SSSR count). The van der Waals surface area contributed by atoms with Crippen molar-refractivity contribution in [1.82, 2.24) is 4.98 Å². The number of anilines is 1. The van der Waals surface area contributed by atoms with E-state index in [1.165, 1.54) is 0 Å². The van der Waals surface area contributed by atoms with Crippen molar-refractivity contribution in [1.29, 1.82) is 0 Å². The number of hydrogen-bond acceptors (Lipinski definition) is 5. The molecule has 5 heteroatoms. The lowest BCUT2D eigenvalue weighted by molar-refractivity contribution is -0.165. The van der Waals surface area contributed by atoms with Crippen molar-refractivity contribution in [3.05, 3.63) is 24.4 Å². The second kappa shape index (κ2) is 4.37. The van der Waals surface area contributed by atoms with Gasteiger partial charge in [-0.2, -0.15) is 0 Å². The molecule has 0 aromatic carbocycles. The molecular formula is C11H14N2O3. The zero-order valence-electron chi connectivity index (χ0n) is 8.83. The Balaban J connectivity index is 1.32. The highest BCUT2D eigenvalue weighted by molar-refractivity contribution is 5.32. The smallest absolute Gasteiger partial charge is 0.214 e. The average Bonchev–Trinajstić information content (AvgIpc) is 2.94. The van der Waals surface area contributed by atoms with Gasteiger partial charge in [0.15, 0.2) is 6.29 Å². The summed E-state index contributed by atoms with van der Waals surface area (Å²) in [5.41, 5.74) is 0. The van der Waals surface area contributed by atoms with Crippen LogP contribution in [0, 0.1) is 0 Å². The molecule has 1 N–H and O–H groups in total. The van der Waals surface area contributed by atoms with E-state index in [1.54, 1.807) is 6.20 Å². The summed E-state index contributed by atoms with van der Waals surface area (Å²) in [6.07, 6.45) is 3.38. The van der Waals surface area contributed by atoms with Gasteiger partial charge >= 0.3 is 0 Å². The van der Waals surface area contributed by atoms with Gasteiger partial charge in [-0.25, -0.2) is 4.98 Å². The molecule has 2 unspecified atom stereocenters. The molecule has 0 radical (unpaired) electrons. The molecule has 0 saturated carbocycles. The van der Waals surface area contributed by atoms with E-state index in [0.717, 1.165) is 25.2 Å².